The van der Waals surface area contributed by atoms with Gasteiger partial charge in [0.1, 0.15) is 9.84 Å². The van der Waals surface area contributed by atoms with Gasteiger partial charge in [0.05, 0.1) is 12.1 Å². The van der Waals surface area contributed by atoms with E-state index in [-0.39, 0.29) is 11.8 Å². The highest BCUT2D eigenvalue weighted by Crippen LogP contribution is 1.96. The number of guanidine groups is 1. The van der Waals surface area contributed by atoms with E-state index in [0.717, 1.165) is 25.5 Å². The Morgan fingerprint density at radius 3 is 2.82 bits per heavy atom. The molecule has 22 heavy (non-hydrogen) atoms. The van der Waals surface area contributed by atoms with E-state index in [2.05, 4.69) is 20.6 Å². The van der Waals surface area contributed by atoms with Gasteiger partial charge in [-0.15, -0.1) is 0 Å². The van der Waals surface area contributed by atoms with Crippen LogP contribution < -0.4 is 10.6 Å². The molecule has 0 fully saturated rings. The summed E-state index contributed by atoms with van der Waals surface area (Å²) >= 11 is 0. The Bertz CT molecular complexity index is 540. The van der Waals surface area contributed by atoms with Crippen LogP contribution in [0.1, 0.15) is 26.7 Å². The predicted octanol–water partition coefficient (Wildman–Crippen LogP) is 0.652. The van der Waals surface area contributed by atoms with Crippen molar-refractivity contribution in [3.63, 3.8) is 0 Å². The van der Waals surface area contributed by atoms with Gasteiger partial charge in [0, 0.05) is 44.3 Å². The fourth-order valence-corrected chi connectivity index (χ4v) is 2.66. The van der Waals surface area contributed by atoms with Crippen LogP contribution in [0, 0.1) is 0 Å². The van der Waals surface area contributed by atoms with Crippen molar-refractivity contribution in [1.29, 1.82) is 0 Å². The fraction of sp³-hybridized carbons (Fsp3) is 0.714. The van der Waals surface area contributed by atoms with Crippen LogP contribution in [0.25, 0.3) is 0 Å². The molecule has 7 nitrogen and oxygen atoms in total. The van der Waals surface area contributed by atoms with Crippen LogP contribution in [0.3, 0.4) is 0 Å². The molecule has 0 aliphatic heterocycles. The monoisotopic (exact) mass is 329 g/mol. The molecule has 0 radical (unpaired) electrons. The van der Waals surface area contributed by atoms with Gasteiger partial charge >= 0.3 is 0 Å². The number of rotatable bonds is 9. The number of aryl methyl sites for hydroxylation is 1. The second kappa shape index (κ2) is 9.45. The maximum Gasteiger partial charge on any atom is 0.191 e. The van der Waals surface area contributed by atoms with Gasteiger partial charge in [-0.1, -0.05) is 0 Å². The Balaban J connectivity index is 2.37. The molecule has 0 amide bonds. The van der Waals surface area contributed by atoms with E-state index in [1.807, 2.05) is 24.6 Å². The first-order valence-electron chi connectivity index (χ1n) is 7.59. The summed E-state index contributed by atoms with van der Waals surface area (Å²) in [6, 6.07) is 0.0566. The quantitative estimate of drug-likeness (QED) is 0.394. The maximum absolute atomic E-state index is 11.2. The minimum atomic E-state index is -2.92. The van der Waals surface area contributed by atoms with Crippen LogP contribution in [0.5, 0.6) is 0 Å². The average Bonchev–Trinajstić information content (AvgIpc) is 2.94. The second-order valence-electron chi connectivity index (χ2n) is 5.38. The van der Waals surface area contributed by atoms with E-state index in [1.54, 1.807) is 12.5 Å². The van der Waals surface area contributed by atoms with Crippen LogP contribution in [0.15, 0.2) is 23.7 Å². The first-order valence-corrected chi connectivity index (χ1v) is 9.65. The molecule has 2 N–H and O–H groups in total. The Morgan fingerprint density at radius 2 is 2.23 bits per heavy atom. The first-order chi connectivity index (χ1) is 10.4. The van der Waals surface area contributed by atoms with Gasteiger partial charge in [0.25, 0.3) is 0 Å². The van der Waals surface area contributed by atoms with Gasteiger partial charge in [-0.2, -0.15) is 0 Å². The minimum absolute atomic E-state index is 0.0566. The SMILES string of the molecule is CCNC(=NCCCn1ccnc1)NC(C)CCS(C)(=O)=O. The Labute approximate surface area is 133 Å². The number of sulfone groups is 1. The average molecular weight is 329 g/mol. The summed E-state index contributed by atoms with van der Waals surface area (Å²) in [5.74, 6) is 0.912. The number of aliphatic imine (C=N–C) groups is 1. The number of imidazole rings is 1. The highest BCUT2D eigenvalue weighted by Gasteiger charge is 2.09. The summed E-state index contributed by atoms with van der Waals surface area (Å²) in [5.41, 5.74) is 0. The summed E-state index contributed by atoms with van der Waals surface area (Å²) in [7, 11) is -2.92. The molecular weight excluding hydrogens is 302 g/mol. The van der Waals surface area contributed by atoms with Crippen LogP contribution in [0.4, 0.5) is 0 Å². The van der Waals surface area contributed by atoms with E-state index in [0.29, 0.717) is 13.0 Å². The van der Waals surface area contributed by atoms with Gasteiger partial charge in [0.2, 0.25) is 0 Å². The topological polar surface area (TPSA) is 88.4 Å². The Hall–Kier alpha value is -1.57. The number of aromatic nitrogens is 2. The largest absolute Gasteiger partial charge is 0.357 e. The maximum atomic E-state index is 11.2. The minimum Gasteiger partial charge on any atom is -0.357 e. The second-order valence-corrected chi connectivity index (χ2v) is 7.64. The molecule has 0 spiro atoms. The molecule has 0 saturated carbocycles. The lowest BCUT2D eigenvalue weighted by Crippen LogP contribution is -2.42. The molecule has 1 aromatic heterocycles. The lowest BCUT2D eigenvalue weighted by molar-refractivity contribution is 0.580. The third-order valence-corrected chi connectivity index (χ3v) is 4.03. The zero-order chi connectivity index (χ0) is 16.4. The van der Waals surface area contributed by atoms with Crippen LogP contribution >= 0.6 is 0 Å². The van der Waals surface area contributed by atoms with Crippen molar-refractivity contribution in [2.24, 2.45) is 4.99 Å². The number of hydrogen-bond acceptors (Lipinski definition) is 4. The van der Waals surface area contributed by atoms with Gasteiger partial charge in [-0.05, 0) is 26.7 Å². The lowest BCUT2D eigenvalue weighted by Gasteiger charge is -2.17. The zero-order valence-electron chi connectivity index (χ0n) is 13.6. The third kappa shape index (κ3) is 8.66. The molecule has 0 aliphatic rings. The summed E-state index contributed by atoms with van der Waals surface area (Å²) < 4.78 is 24.4. The van der Waals surface area contributed by atoms with E-state index in [9.17, 15) is 8.42 Å². The molecule has 0 bridgehead atoms. The summed E-state index contributed by atoms with van der Waals surface area (Å²) in [6.07, 6.45) is 8.23. The smallest absolute Gasteiger partial charge is 0.191 e. The zero-order valence-corrected chi connectivity index (χ0v) is 14.4. The van der Waals surface area contributed by atoms with Crippen LogP contribution in [0.2, 0.25) is 0 Å². The highest BCUT2D eigenvalue weighted by molar-refractivity contribution is 7.90. The van der Waals surface area contributed by atoms with Crippen LogP contribution in [-0.4, -0.2) is 55.1 Å². The van der Waals surface area contributed by atoms with Gasteiger partial charge in [0.15, 0.2) is 5.96 Å². The van der Waals surface area contributed by atoms with E-state index < -0.39 is 9.84 Å². The van der Waals surface area contributed by atoms with Crippen molar-refractivity contribution in [3.8, 4) is 0 Å². The van der Waals surface area contributed by atoms with Crippen molar-refractivity contribution in [2.45, 2.75) is 39.3 Å². The van der Waals surface area contributed by atoms with Crippen molar-refractivity contribution < 1.29 is 8.42 Å². The third-order valence-electron chi connectivity index (χ3n) is 3.05. The van der Waals surface area contributed by atoms with Gasteiger partial charge < -0.3 is 15.2 Å². The van der Waals surface area contributed by atoms with Crippen molar-refractivity contribution in [2.75, 3.05) is 25.1 Å². The summed E-state index contributed by atoms with van der Waals surface area (Å²) in [6.45, 7) is 6.32. The molecule has 1 atom stereocenters. The van der Waals surface area contributed by atoms with Gasteiger partial charge in [-0.3, -0.25) is 4.99 Å². The molecule has 1 heterocycles. The molecule has 8 heteroatoms. The van der Waals surface area contributed by atoms with Crippen molar-refractivity contribution in [1.82, 2.24) is 20.2 Å². The van der Waals surface area contributed by atoms with E-state index in [1.165, 1.54) is 6.26 Å². The first kappa shape index (κ1) is 18.5. The Morgan fingerprint density at radius 1 is 1.45 bits per heavy atom. The summed E-state index contributed by atoms with van der Waals surface area (Å²) in [5, 5.41) is 6.41. The molecule has 0 saturated heterocycles. The normalized spacial score (nSPS) is 13.9. The van der Waals surface area contributed by atoms with Crippen LogP contribution in [-0.2, 0) is 16.4 Å². The summed E-state index contributed by atoms with van der Waals surface area (Å²) in [4.78, 5) is 8.51. The molecule has 0 aromatic carbocycles. The molecule has 1 unspecified atom stereocenters. The van der Waals surface area contributed by atoms with Crippen molar-refractivity contribution >= 4 is 15.8 Å². The predicted molar refractivity (Wildman–Crippen MR) is 89.7 cm³/mol. The lowest BCUT2D eigenvalue weighted by atomic mass is 10.3. The van der Waals surface area contributed by atoms with Crippen molar-refractivity contribution in [3.05, 3.63) is 18.7 Å². The molecule has 0 aliphatic carbocycles. The molecule has 126 valence electrons. The number of hydrogen-bond donors (Lipinski definition) is 2. The fourth-order valence-electron chi connectivity index (χ4n) is 1.88. The standard InChI is InChI=1S/C14H27N5O2S/c1-4-16-14(18-13(2)6-11-22(3,20)21)17-7-5-9-19-10-8-15-12-19/h8,10,12-13H,4-7,9,11H2,1-3H3,(H2,16,17,18). The molecule has 1 aromatic rings. The van der Waals surface area contributed by atoms with E-state index in [4.69, 9.17) is 0 Å². The Kier molecular flexibility index (Phi) is 7.94. The molecular formula is C14H27N5O2S. The van der Waals surface area contributed by atoms with Gasteiger partial charge in [-0.25, -0.2) is 13.4 Å². The number of nitrogens with zero attached hydrogens (tertiary/aromatic N) is 3. The highest BCUT2D eigenvalue weighted by atomic mass is 32.2. The van der Waals surface area contributed by atoms with E-state index >= 15 is 0 Å². The molecule has 1 rings (SSSR count). The number of nitrogens with one attached hydrogen (secondary N) is 2.